The lowest BCUT2D eigenvalue weighted by Crippen LogP contribution is -2.27. The topological polar surface area (TPSA) is 51.0 Å². The van der Waals surface area contributed by atoms with Gasteiger partial charge in [0.05, 0.1) is 12.7 Å². The number of benzene rings is 1. The van der Waals surface area contributed by atoms with Gasteiger partial charge in [-0.05, 0) is 31.2 Å². The van der Waals surface area contributed by atoms with Crippen LogP contribution in [-0.2, 0) is 6.54 Å². The van der Waals surface area contributed by atoms with Crippen LogP contribution in [0.15, 0.2) is 36.7 Å². The van der Waals surface area contributed by atoms with E-state index in [9.17, 15) is 4.79 Å². The zero-order chi connectivity index (χ0) is 12.8. The van der Waals surface area contributed by atoms with Crippen LogP contribution in [0.5, 0.6) is 0 Å². The van der Waals surface area contributed by atoms with Crippen molar-refractivity contribution >= 4 is 12.0 Å². The van der Waals surface area contributed by atoms with Crippen molar-refractivity contribution in [2.24, 2.45) is 0 Å². The normalized spacial score (nSPS) is 10.3. The third-order valence-electron chi connectivity index (χ3n) is 2.85. The van der Waals surface area contributed by atoms with E-state index in [4.69, 9.17) is 0 Å². The van der Waals surface area contributed by atoms with Crippen LogP contribution < -0.4 is 4.90 Å². The highest BCUT2D eigenvalue weighted by molar-refractivity contribution is 5.75. The van der Waals surface area contributed by atoms with E-state index in [0.717, 1.165) is 31.6 Å². The summed E-state index contributed by atoms with van der Waals surface area (Å²) in [6.45, 7) is 4.67. The van der Waals surface area contributed by atoms with Gasteiger partial charge in [-0.15, -0.1) is 5.10 Å². The van der Waals surface area contributed by atoms with Gasteiger partial charge in [0.2, 0.25) is 0 Å². The highest BCUT2D eigenvalue weighted by Crippen LogP contribution is 2.14. The van der Waals surface area contributed by atoms with E-state index < -0.39 is 0 Å². The number of rotatable bonds is 6. The van der Waals surface area contributed by atoms with Crippen LogP contribution in [0.1, 0.15) is 17.3 Å². The zero-order valence-electron chi connectivity index (χ0n) is 10.4. The second kappa shape index (κ2) is 5.95. The molecule has 0 fully saturated rings. The van der Waals surface area contributed by atoms with Crippen molar-refractivity contribution in [3.63, 3.8) is 0 Å². The number of carbonyl (C=O) groups excluding carboxylic acids is 1. The van der Waals surface area contributed by atoms with Crippen molar-refractivity contribution in [2.45, 2.75) is 13.5 Å². The molecule has 5 heteroatoms. The number of nitrogens with zero attached hydrogens (tertiary/aromatic N) is 4. The number of carbonyl (C=O) groups is 1. The lowest BCUT2D eigenvalue weighted by Gasteiger charge is -2.22. The molecule has 0 atom stereocenters. The van der Waals surface area contributed by atoms with Gasteiger partial charge in [0, 0.05) is 30.5 Å². The van der Waals surface area contributed by atoms with E-state index in [1.54, 1.807) is 6.20 Å². The predicted molar refractivity (Wildman–Crippen MR) is 69.7 cm³/mol. The molecule has 1 aromatic heterocycles. The number of hydrogen-bond acceptors (Lipinski definition) is 4. The smallest absolute Gasteiger partial charge is 0.150 e. The number of likely N-dealkylation sites (N-methyl/N-ethyl adjacent to an activating group) is 1. The molecule has 0 aliphatic carbocycles. The molecule has 1 heterocycles. The first kappa shape index (κ1) is 12.3. The minimum atomic E-state index is 0.700. The number of aldehydes is 1. The van der Waals surface area contributed by atoms with Crippen molar-refractivity contribution in [2.75, 3.05) is 18.0 Å². The molecule has 0 unspecified atom stereocenters. The Kier molecular flexibility index (Phi) is 4.06. The Bertz CT molecular complexity index is 478. The van der Waals surface area contributed by atoms with Crippen LogP contribution in [0, 0.1) is 0 Å². The molecule has 0 spiro atoms. The molecule has 0 N–H and O–H groups in total. The Morgan fingerprint density at radius 2 is 2.11 bits per heavy atom. The SMILES string of the molecule is CCN(CCn1ccnn1)c1ccc(C=O)cc1. The van der Waals surface area contributed by atoms with Crippen molar-refractivity contribution in [1.82, 2.24) is 15.0 Å². The summed E-state index contributed by atoms with van der Waals surface area (Å²) in [6.07, 6.45) is 4.38. The van der Waals surface area contributed by atoms with E-state index in [1.807, 2.05) is 35.1 Å². The molecule has 0 amide bonds. The maximum atomic E-state index is 10.6. The van der Waals surface area contributed by atoms with E-state index >= 15 is 0 Å². The fraction of sp³-hybridized carbons (Fsp3) is 0.308. The molecule has 0 radical (unpaired) electrons. The molecular formula is C13H16N4O. The summed E-state index contributed by atoms with van der Waals surface area (Å²) < 4.78 is 1.81. The third-order valence-corrected chi connectivity index (χ3v) is 2.85. The van der Waals surface area contributed by atoms with Gasteiger partial charge in [0.15, 0.2) is 0 Å². The monoisotopic (exact) mass is 244 g/mol. The minimum Gasteiger partial charge on any atom is -0.370 e. The molecule has 0 saturated heterocycles. The van der Waals surface area contributed by atoms with Crippen molar-refractivity contribution in [3.8, 4) is 0 Å². The Morgan fingerprint density at radius 3 is 2.67 bits per heavy atom. The van der Waals surface area contributed by atoms with Gasteiger partial charge in [-0.2, -0.15) is 0 Å². The van der Waals surface area contributed by atoms with Gasteiger partial charge in [0.1, 0.15) is 6.29 Å². The van der Waals surface area contributed by atoms with E-state index in [0.29, 0.717) is 5.56 Å². The second-order valence-electron chi connectivity index (χ2n) is 3.96. The fourth-order valence-corrected chi connectivity index (χ4v) is 1.81. The number of aromatic nitrogens is 3. The largest absolute Gasteiger partial charge is 0.370 e. The molecule has 0 saturated carbocycles. The van der Waals surface area contributed by atoms with Gasteiger partial charge in [-0.1, -0.05) is 5.21 Å². The van der Waals surface area contributed by atoms with Crippen LogP contribution in [0.3, 0.4) is 0 Å². The zero-order valence-corrected chi connectivity index (χ0v) is 10.4. The Morgan fingerprint density at radius 1 is 1.33 bits per heavy atom. The van der Waals surface area contributed by atoms with Crippen LogP contribution in [0.2, 0.25) is 0 Å². The highest BCUT2D eigenvalue weighted by atomic mass is 16.1. The second-order valence-corrected chi connectivity index (χ2v) is 3.96. The third kappa shape index (κ3) is 2.94. The summed E-state index contributed by atoms with van der Waals surface area (Å²) in [5, 5.41) is 7.71. The first-order valence-electron chi connectivity index (χ1n) is 5.97. The lowest BCUT2D eigenvalue weighted by molar-refractivity contribution is 0.112. The highest BCUT2D eigenvalue weighted by Gasteiger charge is 2.04. The average molecular weight is 244 g/mol. The van der Waals surface area contributed by atoms with Gasteiger partial charge in [-0.3, -0.25) is 9.48 Å². The minimum absolute atomic E-state index is 0.700. The molecular weight excluding hydrogens is 228 g/mol. The van der Waals surface area contributed by atoms with Crippen LogP contribution in [-0.4, -0.2) is 34.4 Å². The Balaban J connectivity index is 2.00. The quantitative estimate of drug-likeness (QED) is 0.724. The summed E-state index contributed by atoms with van der Waals surface area (Å²) in [6, 6.07) is 7.60. The molecule has 0 aliphatic rings. The van der Waals surface area contributed by atoms with Gasteiger partial charge in [-0.25, -0.2) is 0 Å². The van der Waals surface area contributed by atoms with Crippen molar-refractivity contribution in [1.29, 1.82) is 0 Å². The lowest BCUT2D eigenvalue weighted by atomic mass is 10.2. The van der Waals surface area contributed by atoms with E-state index in [2.05, 4.69) is 22.1 Å². The van der Waals surface area contributed by atoms with Crippen molar-refractivity contribution in [3.05, 3.63) is 42.2 Å². The van der Waals surface area contributed by atoms with E-state index in [-0.39, 0.29) is 0 Å². The van der Waals surface area contributed by atoms with Gasteiger partial charge in [0.25, 0.3) is 0 Å². The molecule has 18 heavy (non-hydrogen) atoms. The van der Waals surface area contributed by atoms with Crippen LogP contribution >= 0.6 is 0 Å². The van der Waals surface area contributed by atoms with Crippen LogP contribution in [0.25, 0.3) is 0 Å². The molecule has 5 nitrogen and oxygen atoms in total. The first-order valence-corrected chi connectivity index (χ1v) is 5.97. The van der Waals surface area contributed by atoms with Crippen LogP contribution in [0.4, 0.5) is 5.69 Å². The summed E-state index contributed by atoms with van der Waals surface area (Å²) in [5.74, 6) is 0. The standard InChI is InChI=1S/C13H16N4O/c1-2-16(9-10-17-8-7-14-15-17)13-5-3-12(11-18)4-6-13/h3-8,11H,2,9-10H2,1H3. The summed E-state index contributed by atoms with van der Waals surface area (Å²) in [5.41, 5.74) is 1.81. The molecule has 0 bridgehead atoms. The first-order chi connectivity index (χ1) is 8.83. The molecule has 2 aromatic rings. The average Bonchev–Trinajstić information content (AvgIpc) is 2.93. The number of anilines is 1. The molecule has 2 rings (SSSR count). The summed E-state index contributed by atoms with van der Waals surface area (Å²) in [7, 11) is 0. The summed E-state index contributed by atoms with van der Waals surface area (Å²) in [4.78, 5) is 12.8. The summed E-state index contributed by atoms with van der Waals surface area (Å²) >= 11 is 0. The van der Waals surface area contributed by atoms with Crippen molar-refractivity contribution < 1.29 is 4.79 Å². The van der Waals surface area contributed by atoms with Gasteiger partial charge >= 0.3 is 0 Å². The maximum absolute atomic E-state index is 10.6. The predicted octanol–water partition coefficient (Wildman–Crippen LogP) is 1.62. The number of hydrogen-bond donors (Lipinski definition) is 0. The molecule has 1 aromatic carbocycles. The molecule has 94 valence electrons. The van der Waals surface area contributed by atoms with Gasteiger partial charge < -0.3 is 4.90 Å². The fourth-order valence-electron chi connectivity index (χ4n) is 1.81. The Hall–Kier alpha value is -2.17. The molecule has 0 aliphatic heterocycles. The maximum Gasteiger partial charge on any atom is 0.150 e. The Labute approximate surface area is 106 Å². The van der Waals surface area contributed by atoms with E-state index in [1.165, 1.54) is 0 Å².